The van der Waals surface area contributed by atoms with Crippen molar-refractivity contribution in [1.29, 1.82) is 0 Å². The van der Waals surface area contributed by atoms with Gasteiger partial charge in [-0.25, -0.2) is 0 Å². The first-order valence-electron chi connectivity index (χ1n) is 3.36. The van der Waals surface area contributed by atoms with Crippen LogP contribution >= 0.6 is 0 Å². The normalized spacial score (nSPS) is 12.9. The first kappa shape index (κ1) is 8.43. The molecule has 0 spiro atoms. The van der Waals surface area contributed by atoms with Gasteiger partial charge in [0, 0.05) is 28.5 Å². The lowest BCUT2D eigenvalue weighted by molar-refractivity contribution is 0.687. The molecule has 0 unspecified atom stereocenters. The van der Waals surface area contributed by atoms with E-state index in [4.69, 9.17) is 5.73 Å². The van der Waals surface area contributed by atoms with Crippen molar-refractivity contribution in [3.8, 4) is 0 Å². The minimum absolute atomic E-state index is 0.538. The summed E-state index contributed by atoms with van der Waals surface area (Å²) in [6.45, 7) is 0.538. The molecule has 0 saturated carbocycles. The summed E-state index contributed by atoms with van der Waals surface area (Å²) >= 11 is 0. The molecule has 0 aliphatic rings. The van der Waals surface area contributed by atoms with E-state index < -0.39 is 10.8 Å². The van der Waals surface area contributed by atoms with Gasteiger partial charge in [0.05, 0.1) is 0 Å². The second-order valence-corrected chi connectivity index (χ2v) is 3.68. The number of rotatable bonds is 2. The molecular weight excluding hydrogens is 158 g/mol. The molecule has 1 aromatic rings. The third-order valence-corrected chi connectivity index (χ3v) is 2.43. The molecule has 3 heteroatoms. The zero-order valence-corrected chi connectivity index (χ0v) is 7.23. The Morgan fingerprint density at radius 1 is 1.36 bits per heavy atom. The fourth-order valence-corrected chi connectivity index (χ4v) is 1.34. The maximum Gasteiger partial charge on any atom is 0.0498 e. The molecule has 60 valence electrons. The molecule has 0 aliphatic heterocycles. The zero-order valence-electron chi connectivity index (χ0n) is 6.41. The zero-order chi connectivity index (χ0) is 8.27. The van der Waals surface area contributed by atoms with Crippen molar-refractivity contribution in [2.75, 3.05) is 6.26 Å². The summed E-state index contributed by atoms with van der Waals surface area (Å²) in [6, 6.07) is 7.49. The van der Waals surface area contributed by atoms with E-state index in [0.29, 0.717) is 6.54 Å². The van der Waals surface area contributed by atoms with E-state index in [0.717, 1.165) is 10.5 Å². The molecule has 0 amide bonds. The van der Waals surface area contributed by atoms with E-state index >= 15 is 0 Å². The van der Waals surface area contributed by atoms with Gasteiger partial charge in [0.15, 0.2) is 0 Å². The van der Waals surface area contributed by atoms with Gasteiger partial charge in [-0.1, -0.05) is 12.1 Å². The third-order valence-electron chi connectivity index (χ3n) is 1.49. The van der Waals surface area contributed by atoms with E-state index in [-0.39, 0.29) is 0 Å². The largest absolute Gasteiger partial charge is 0.326 e. The highest BCUT2D eigenvalue weighted by atomic mass is 32.2. The average molecular weight is 169 g/mol. The number of benzene rings is 1. The summed E-state index contributed by atoms with van der Waals surface area (Å²) < 4.78 is 10.9. The van der Waals surface area contributed by atoms with Gasteiger partial charge in [0.1, 0.15) is 0 Å². The van der Waals surface area contributed by atoms with Crippen LogP contribution in [0.1, 0.15) is 5.56 Å². The van der Waals surface area contributed by atoms with Crippen molar-refractivity contribution in [3.63, 3.8) is 0 Å². The second kappa shape index (κ2) is 3.64. The molecule has 0 radical (unpaired) electrons. The standard InChI is InChI=1S/C8H11NOS/c1-11(10)8-4-2-7(6-9)3-5-8/h2-5H,6,9H2,1H3/t11-/m0/s1. The Morgan fingerprint density at radius 3 is 2.27 bits per heavy atom. The van der Waals surface area contributed by atoms with Crippen LogP contribution < -0.4 is 5.73 Å². The molecule has 1 aromatic carbocycles. The molecule has 1 atom stereocenters. The quantitative estimate of drug-likeness (QED) is 0.714. The predicted octanol–water partition coefficient (Wildman–Crippen LogP) is 0.883. The smallest absolute Gasteiger partial charge is 0.0498 e. The van der Waals surface area contributed by atoms with Gasteiger partial charge in [-0.2, -0.15) is 0 Å². The number of hydrogen-bond acceptors (Lipinski definition) is 2. The monoisotopic (exact) mass is 169 g/mol. The Hall–Kier alpha value is -0.670. The van der Waals surface area contributed by atoms with Gasteiger partial charge >= 0.3 is 0 Å². The minimum atomic E-state index is -0.880. The van der Waals surface area contributed by atoms with E-state index in [1.807, 2.05) is 24.3 Å². The number of hydrogen-bond donors (Lipinski definition) is 1. The summed E-state index contributed by atoms with van der Waals surface area (Å²) in [7, 11) is -0.880. The van der Waals surface area contributed by atoms with E-state index in [1.54, 1.807) is 6.26 Å². The van der Waals surface area contributed by atoms with Crippen molar-refractivity contribution in [3.05, 3.63) is 29.8 Å². The van der Waals surface area contributed by atoms with E-state index in [9.17, 15) is 4.21 Å². The van der Waals surface area contributed by atoms with Gasteiger partial charge in [0.2, 0.25) is 0 Å². The van der Waals surface area contributed by atoms with E-state index in [2.05, 4.69) is 0 Å². The topological polar surface area (TPSA) is 43.1 Å². The van der Waals surface area contributed by atoms with Crippen molar-refractivity contribution in [2.45, 2.75) is 11.4 Å². The lowest BCUT2D eigenvalue weighted by Gasteiger charge is -1.97. The summed E-state index contributed by atoms with van der Waals surface area (Å²) in [4.78, 5) is 0.849. The second-order valence-electron chi connectivity index (χ2n) is 2.30. The van der Waals surface area contributed by atoms with Crippen molar-refractivity contribution in [1.82, 2.24) is 0 Å². The van der Waals surface area contributed by atoms with Gasteiger partial charge in [-0.05, 0) is 17.7 Å². The van der Waals surface area contributed by atoms with Crippen LogP contribution in [0.15, 0.2) is 29.2 Å². The highest BCUT2D eigenvalue weighted by Gasteiger charge is 1.95. The van der Waals surface area contributed by atoms with Crippen molar-refractivity contribution < 1.29 is 4.21 Å². The van der Waals surface area contributed by atoms with Crippen LogP contribution in [0.3, 0.4) is 0 Å². The van der Waals surface area contributed by atoms with Crippen LogP contribution in [0.5, 0.6) is 0 Å². The van der Waals surface area contributed by atoms with Gasteiger partial charge in [-0.3, -0.25) is 4.21 Å². The van der Waals surface area contributed by atoms with Crippen LogP contribution in [0.4, 0.5) is 0 Å². The molecule has 2 N–H and O–H groups in total. The lowest BCUT2D eigenvalue weighted by Crippen LogP contribution is -1.96. The summed E-state index contributed by atoms with van der Waals surface area (Å²) in [5.41, 5.74) is 6.47. The van der Waals surface area contributed by atoms with Crippen LogP contribution in [-0.2, 0) is 17.3 Å². The predicted molar refractivity (Wildman–Crippen MR) is 46.7 cm³/mol. The van der Waals surface area contributed by atoms with Gasteiger partial charge in [0.25, 0.3) is 0 Å². The third kappa shape index (κ3) is 2.13. The average Bonchev–Trinajstić information content (AvgIpc) is 2.05. The fraction of sp³-hybridized carbons (Fsp3) is 0.250. The van der Waals surface area contributed by atoms with Gasteiger partial charge < -0.3 is 5.73 Å². The molecule has 1 rings (SSSR count). The first-order valence-corrected chi connectivity index (χ1v) is 4.92. The summed E-state index contributed by atoms with van der Waals surface area (Å²) in [5.74, 6) is 0. The molecule has 11 heavy (non-hydrogen) atoms. The van der Waals surface area contributed by atoms with Gasteiger partial charge in [-0.15, -0.1) is 0 Å². The Morgan fingerprint density at radius 2 is 1.91 bits per heavy atom. The molecule has 0 heterocycles. The fourth-order valence-electron chi connectivity index (χ4n) is 0.817. The molecule has 0 fully saturated rings. The first-order chi connectivity index (χ1) is 5.24. The number of nitrogens with two attached hydrogens (primary N) is 1. The van der Waals surface area contributed by atoms with Crippen LogP contribution in [0.2, 0.25) is 0 Å². The Labute approximate surface area is 68.9 Å². The summed E-state index contributed by atoms with van der Waals surface area (Å²) in [5, 5.41) is 0. The molecule has 2 nitrogen and oxygen atoms in total. The summed E-state index contributed by atoms with van der Waals surface area (Å²) in [6.07, 6.45) is 1.66. The van der Waals surface area contributed by atoms with Crippen LogP contribution in [0, 0.1) is 0 Å². The Kier molecular flexibility index (Phi) is 2.79. The van der Waals surface area contributed by atoms with E-state index in [1.165, 1.54) is 0 Å². The molecular formula is C8H11NOS. The molecule has 0 aromatic heterocycles. The molecule has 0 aliphatic carbocycles. The maximum atomic E-state index is 10.9. The Balaban J connectivity index is 2.91. The van der Waals surface area contributed by atoms with Crippen molar-refractivity contribution >= 4 is 10.8 Å². The molecule has 0 saturated heterocycles. The molecule has 0 bridgehead atoms. The lowest BCUT2D eigenvalue weighted by atomic mass is 10.2. The van der Waals surface area contributed by atoms with Crippen LogP contribution in [0.25, 0.3) is 0 Å². The maximum absolute atomic E-state index is 10.9. The Bertz CT molecular complexity index is 255. The highest BCUT2D eigenvalue weighted by molar-refractivity contribution is 7.84. The minimum Gasteiger partial charge on any atom is -0.326 e. The SMILES string of the molecule is C[S@](=O)c1ccc(CN)cc1. The highest BCUT2D eigenvalue weighted by Crippen LogP contribution is 2.06. The van der Waals surface area contributed by atoms with Crippen LogP contribution in [-0.4, -0.2) is 10.5 Å². The van der Waals surface area contributed by atoms with Crippen molar-refractivity contribution in [2.24, 2.45) is 5.73 Å².